The minimum absolute atomic E-state index is 0.0992. The summed E-state index contributed by atoms with van der Waals surface area (Å²) >= 11 is 0. The fraction of sp³-hybridized carbons (Fsp3) is 0.722. The molecule has 2 saturated heterocycles. The Kier molecular flexibility index (Phi) is 5.76. The molecule has 2 fully saturated rings. The quantitative estimate of drug-likeness (QED) is 0.827. The number of nitrogens with one attached hydrogen (secondary N) is 1. The van der Waals surface area contributed by atoms with E-state index in [1.54, 1.807) is 0 Å². The third kappa shape index (κ3) is 4.52. The van der Waals surface area contributed by atoms with Crippen LogP contribution in [0, 0.1) is 5.92 Å². The van der Waals surface area contributed by atoms with Crippen LogP contribution in [0.1, 0.15) is 38.5 Å². The molecule has 0 bridgehead atoms. The average molecular weight is 372 g/mol. The highest BCUT2D eigenvalue weighted by molar-refractivity contribution is 5.78. The van der Waals surface area contributed by atoms with Crippen molar-refractivity contribution in [3.05, 3.63) is 12.1 Å². The van der Waals surface area contributed by atoms with Crippen molar-refractivity contribution in [2.75, 3.05) is 44.2 Å². The number of hydrogen-bond acceptors (Lipinski definition) is 7. The molecule has 4 heterocycles. The van der Waals surface area contributed by atoms with Gasteiger partial charge in [0.25, 0.3) is 0 Å². The second kappa shape index (κ2) is 8.60. The summed E-state index contributed by atoms with van der Waals surface area (Å²) in [5.41, 5.74) is 0.637. The Morgan fingerprint density at radius 2 is 1.85 bits per heavy atom. The molecule has 0 aromatic carbocycles. The molecule has 146 valence electrons. The van der Waals surface area contributed by atoms with Gasteiger partial charge in [0.05, 0.1) is 0 Å². The topological polar surface area (TPSA) is 91.5 Å². The Morgan fingerprint density at radius 1 is 1.07 bits per heavy atom. The molecular formula is C18H28N8O. The highest BCUT2D eigenvalue weighted by Crippen LogP contribution is 2.22. The molecule has 0 atom stereocenters. The van der Waals surface area contributed by atoms with Crippen molar-refractivity contribution in [2.24, 2.45) is 5.92 Å². The Balaban J connectivity index is 1.21. The van der Waals surface area contributed by atoms with Gasteiger partial charge in [-0.2, -0.15) is 0 Å². The molecule has 2 aromatic rings. The van der Waals surface area contributed by atoms with Crippen LogP contribution in [0.25, 0.3) is 5.65 Å². The molecule has 0 aliphatic carbocycles. The summed E-state index contributed by atoms with van der Waals surface area (Å²) in [5.74, 6) is 1.16. The lowest BCUT2D eigenvalue weighted by molar-refractivity contribution is -0.125. The number of piperidine rings is 1. The van der Waals surface area contributed by atoms with Crippen molar-refractivity contribution in [1.82, 2.24) is 35.5 Å². The van der Waals surface area contributed by atoms with E-state index in [1.807, 2.05) is 12.1 Å². The second-order valence-electron chi connectivity index (χ2n) is 7.53. The largest absolute Gasteiger partial charge is 0.355 e. The molecule has 9 heteroatoms. The molecule has 0 radical (unpaired) electrons. The Labute approximate surface area is 159 Å². The van der Waals surface area contributed by atoms with Gasteiger partial charge in [-0.15, -0.1) is 14.8 Å². The average Bonchev–Trinajstić information content (AvgIpc) is 3.02. The third-order valence-corrected chi connectivity index (χ3v) is 5.67. The van der Waals surface area contributed by atoms with Crippen molar-refractivity contribution in [2.45, 2.75) is 38.5 Å². The fourth-order valence-electron chi connectivity index (χ4n) is 4.02. The van der Waals surface area contributed by atoms with Crippen molar-refractivity contribution in [3.63, 3.8) is 0 Å². The lowest BCUT2D eigenvalue weighted by atomic mass is 9.96. The maximum atomic E-state index is 12.5. The SMILES string of the molecule is O=C(NCCN1CCCCCC1)C1CCN(c2ccc3nnnn3n2)CC1. The van der Waals surface area contributed by atoms with E-state index < -0.39 is 0 Å². The van der Waals surface area contributed by atoms with Gasteiger partial charge in [0, 0.05) is 32.1 Å². The summed E-state index contributed by atoms with van der Waals surface area (Å²) in [7, 11) is 0. The number of carbonyl (C=O) groups is 1. The van der Waals surface area contributed by atoms with Crippen LogP contribution in [0.15, 0.2) is 12.1 Å². The zero-order valence-electron chi connectivity index (χ0n) is 15.8. The number of likely N-dealkylation sites (tertiary alicyclic amines) is 1. The van der Waals surface area contributed by atoms with Gasteiger partial charge in [0.1, 0.15) is 0 Å². The molecule has 2 aromatic heterocycles. The van der Waals surface area contributed by atoms with Gasteiger partial charge in [-0.3, -0.25) is 4.79 Å². The predicted molar refractivity (Wildman–Crippen MR) is 101 cm³/mol. The number of aromatic nitrogens is 5. The summed E-state index contributed by atoms with van der Waals surface area (Å²) in [4.78, 5) is 17.2. The van der Waals surface area contributed by atoms with Crippen LogP contribution in [0.4, 0.5) is 5.82 Å². The van der Waals surface area contributed by atoms with E-state index in [9.17, 15) is 4.79 Å². The summed E-state index contributed by atoms with van der Waals surface area (Å²) in [6, 6.07) is 3.80. The molecule has 4 rings (SSSR count). The van der Waals surface area contributed by atoms with E-state index >= 15 is 0 Å². The minimum Gasteiger partial charge on any atom is -0.355 e. The van der Waals surface area contributed by atoms with Gasteiger partial charge in [-0.25, -0.2) is 0 Å². The maximum Gasteiger partial charge on any atom is 0.223 e. The summed E-state index contributed by atoms with van der Waals surface area (Å²) in [5, 5.41) is 18.9. The van der Waals surface area contributed by atoms with Crippen LogP contribution in [0.3, 0.4) is 0 Å². The first-order valence-electron chi connectivity index (χ1n) is 10.1. The Bertz CT molecular complexity index is 747. The fourth-order valence-corrected chi connectivity index (χ4v) is 4.02. The van der Waals surface area contributed by atoms with Crippen LogP contribution in [-0.2, 0) is 4.79 Å². The lowest BCUT2D eigenvalue weighted by Crippen LogP contribution is -2.43. The molecule has 1 amide bonds. The zero-order chi connectivity index (χ0) is 18.5. The van der Waals surface area contributed by atoms with E-state index in [2.05, 4.69) is 35.7 Å². The smallest absolute Gasteiger partial charge is 0.223 e. The first-order chi connectivity index (χ1) is 13.3. The summed E-state index contributed by atoms with van der Waals surface area (Å²) < 4.78 is 1.44. The third-order valence-electron chi connectivity index (χ3n) is 5.67. The molecule has 0 spiro atoms. The lowest BCUT2D eigenvalue weighted by Gasteiger charge is -2.32. The number of anilines is 1. The molecule has 1 N–H and O–H groups in total. The number of fused-ring (bicyclic) bond motifs is 1. The molecule has 2 aliphatic rings. The normalized spacial score (nSPS) is 19.9. The Morgan fingerprint density at radius 3 is 2.63 bits per heavy atom. The number of amides is 1. The maximum absolute atomic E-state index is 12.5. The molecule has 0 saturated carbocycles. The number of tetrazole rings is 1. The monoisotopic (exact) mass is 372 g/mol. The van der Waals surface area contributed by atoms with Crippen LogP contribution in [0.5, 0.6) is 0 Å². The summed E-state index contributed by atoms with van der Waals surface area (Å²) in [6.45, 7) is 5.73. The highest BCUT2D eigenvalue weighted by Gasteiger charge is 2.25. The summed E-state index contributed by atoms with van der Waals surface area (Å²) in [6.07, 6.45) is 6.97. The van der Waals surface area contributed by atoms with E-state index in [1.165, 1.54) is 43.4 Å². The van der Waals surface area contributed by atoms with Gasteiger partial charge in [0.2, 0.25) is 5.91 Å². The van der Waals surface area contributed by atoms with Crippen molar-refractivity contribution < 1.29 is 4.79 Å². The number of hydrogen-bond donors (Lipinski definition) is 1. The second-order valence-corrected chi connectivity index (χ2v) is 7.53. The highest BCUT2D eigenvalue weighted by atomic mass is 16.1. The van der Waals surface area contributed by atoms with E-state index in [0.717, 1.165) is 44.8 Å². The van der Waals surface area contributed by atoms with Crippen LogP contribution in [0.2, 0.25) is 0 Å². The number of rotatable bonds is 5. The van der Waals surface area contributed by atoms with Crippen molar-refractivity contribution in [1.29, 1.82) is 0 Å². The van der Waals surface area contributed by atoms with E-state index in [0.29, 0.717) is 5.65 Å². The zero-order valence-corrected chi connectivity index (χ0v) is 15.8. The van der Waals surface area contributed by atoms with Gasteiger partial charge in [-0.1, -0.05) is 12.8 Å². The van der Waals surface area contributed by atoms with E-state index in [4.69, 9.17) is 0 Å². The van der Waals surface area contributed by atoms with Crippen LogP contribution >= 0.6 is 0 Å². The number of carbonyl (C=O) groups excluding carboxylic acids is 1. The molecule has 2 aliphatic heterocycles. The molecular weight excluding hydrogens is 344 g/mol. The minimum atomic E-state index is 0.0992. The Hall–Kier alpha value is -2.29. The van der Waals surface area contributed by atoms with Gasteiger partial charge in [0.15, 0.2) is 11.5 Å². The molecule has 0 unspecified atom stereocenters. The predicted octanol–water partition coefficient (Wildman–Crippen LogP) is 0.728. The van der Waals surface area contributed by atoms with Gasteiger partial charge >= 0.3 is 0 Å². The standard InChI is InChI=1S/C18H28N8O/c27-18(19-9-14-24-10-3-1-2-4-11-24)15-7-12-25(13-8-15)17-6-5-16-20-22-23-26(16)21-17/h5-6,15H,1-4,7-14H2,(H,19,27). The van der Waals surface area contributed by atoms with E-state index in [-0.39, 0.29) is 11.8 Å². The van der Waals surface area contributed by atoms with Gasteiger partial charge < -0.3 is 15.1 Å². The first kappa shape index (κ1) is 18.1. The molecule has 27 heavy (non-hydrogen) atoms. The van der Waals surface area contributed by atoms with Gasteiger partial charge in [-0.05, 0) is 61.3 Å². The van der Waals surface area contributed by atoms with Crippen molar-refractivity contribution in [3.8, 4) is 0 Å². The van der Waals surface area contributed by atoms with Crippen molar-refractivity contribution >= 4 is 17.4 Å². The van der Waals surface area contributed by atoms with Crippen LogP contribution in [-0.4, -0.2) is 75.3 Å². The van der Waals surface area contributed by atoms with Crippen LogP contribution < -0.4 is 10.2 Å². The number of nitrogens with zero attached hydrogens (tertiary/aromatic N) is 7. The first-order valence-corrected chi connectivity index (χ1v) is 10.1. The molecule has 9 nitrogen and oxygen atoms in total.